The van der Waals surface area contributed by atoms with Crippen molar-refractivity contribution >= 4 is 29.2 Å². The molecule has 0 heterocycles. The maximum Gasteiger partial charge on any atom is 0.319 e. The summed E-state index contributed by atoms with van der Waals surface area (Å²) in [6, 6.07) is 0.469. The molecule has 0 aromatic heterocycles. The number of ether oxygens (including phenoxy) is 1. The van der Waals surface area contributed by atoms with Crippen molar-refractivity contribution in [1.82, 2.24) is 4.90 Å². The number of hydrogen-bond donors (Lipinski definition) is 0. The third-order valence-electron chi connectivity index (χ3n) is 0.918. The zero-order valence-corrected chi connectivity index (χ0v) is 7.15. The van der Waals surface area contributed by atoms with Crippen LogP contribution in [0.15, 0.2) is 0 Å². The molecule has 0 aromatic rings. The summed E-state index contributed by atoms with van der Waals surface area (Å²) < 4.78 is 4.39. The van der Waals surface area contributed by atoms with Gasteiger partial charge in [-0.1, -0.05) is 0 Å². The summed E-state index contributed by atoms with van der Waals surface area (Å²) in [4.78, 5) is 12.1. The topological polar surface area (TPSA) is 29.5 Å². The van der Waals surface area contributed by atoms with Crippen molar-refractivity contribution in [3.63, 3.8) is 0 Å². The number of esters is 1. The van der Waals surface area contributed by atoms with Crippen LogP contribution in [0.25, 0.3) is 0 Å². The largest absolute Gasteiger partial charge is 0.468 e. The number of methoxy groups -OCH3 is 1. The van der Waals surface area contributed by atoms with Gasteiger partial charge in [0, 0.05) is 0 Å². The van der Waals surface area contributed by atoms with Crippen molar-refractivity contribution < 1.29 is 9.53 Å². The molecule has 0 saturated carbocycles. The van der Waals surface area contributed by atoms with E-state index < -0.39 is 0 Å². The van der Waals surface area contributed by atoms with Crippen molar-refractivity contribution in [3.8, 4) is 0 Å². The van der Waals surface area contributed by atoms with Gasteiger partial charge in [0.05, 0.1) is 25.7 Å². The van der Waals surface area contributed by atoms with Gasteiger partial charge in [-0.05, 0) is 0 Å². The Balaban J connectivity index is 3.52. The standard InChI is InChI=1S/C5H9Cl2NO2/c1-10-5(9)2-8(3-6)4-7/h2-4H2,1H3. The van der Waals surface area contributed by atoms with E-state index in [0.29, 0.717) is 0 Å². The molecule has 0 aromatic carbocycles. The molecule has 5 heteroatoms. The molecule has 0 rings (SSSR count). The molecule has 0 N–H and O–H groups in total. The van der Waals surface area contributed by atoms with E-state index in [4.69, 9.17) is 23.2 Å². The molecule has 0 saturated heterocycles. The minimum absolute atomic E-state index is 0.142. The van der Waals surface area contributed by atoms with Crippen LogP contribution in [0.1, 0.15) is 0 Å². The summed E-state index contributed by atoms with van der Waals surface area (Å²) in [6.45, 7) is 0.142. The average molecular weight is 186 g/mol. The van der Waals surface area contributed by atoms with E-state index in [9.17, 15) is 4.79 Å². The Kier molecular flexibility index (Phi) is 5.78. The van der Waals surface area contributed by atoms with E-state index in [1.807, 2.05) is 0 Å². The first-order chi connectivity index (χ1) is 4.74. The lowest BCUT2D eigenvalue weighted by atomic mass is 10.6. The van der Waals surface area contributed by atoms with Crippen LogP contribution in [-0.2, 0) is 9.53 Å². The Bertz CT molecular complexity index is 106. The Hall–Kier alpha value is 0.01000. The summed E-state index contributed by atoms with van der Waals surface area (Å²) in [5, 5.41) is 0. The molecule has 0 spiro atoms. The fourth-order valence-electron chi connectivity index (χ4n) is 0.364. The predicted molar refractivity (Wildman–Crippen MR) is 40.2 cm³/mol. The van der Waals surface area contributed by atoms with Crippen molar-refractivity contribution in [2.75, 3.05) is 25.7 Å². The van der Waals surface area contributed by atoms with Crippen molar-refractivity contribution in [2.45, 2.75) is 0 Å². The molecule has 0 radical (unpaired) electrons. The van der Waals surface area contributed by atoms with Crippen LogP contribution < -0.4 is 0 Å². The van der Waals surface area contributed by atoms with Gasteiger partial charge >= 0.3 is 5.97 Å². The third kappa shape index (κ3) is 3.93. The zero-order valence-electron chi connectivity index (χ0n) is 5.64. The van der Waals surface area contributed by atoms with Gasteiger partial charge in [0.1, 0.15) is 0 Å². The molecule has 3 nitrogen and oxygen atoms in total. The highest BCUT2D eigenvalue weighted by Gasteiger charge is 2.06. The smallest absolute Gasteiger partial charge is 0.319 e. The van der Waals surface area contributed by atoms with Crippen molar-refractivity contribution in [2.24, 2.45) is 0 Å². The molecule has 60 valence electrons. The Labute approximate surface area is 69.8 Å². The van der Waals surface area contributed by atoms with Crippen LogP contribution >= 0.6 is 23.2 Å². The molecule has 0 atom stereocenters. The van der Waals surface area contributed by atoms with Gasteiger partial charge in [0.25, 0.3) is 0 Å². The average Bonchev–Trinajstić information content (AvgIpc) is 1.99. The van der Waals surface area contributed by atoms with Crippen molar-refractivity contribution in [3.05, 3.63) is 0 Å². The first kappa shape index (κ1) is 10.0. The summed E-state index contributed by atoms with van der Waals surface area (Å²) >= 11 is 10.8. The number of carbonyl (C=O) groups is 1. The third-order valence-corrected chi connectivity index (χ3v) is 1.59. The maximum absolute atomic E-state index is 10.6. The lowest BCUT2D eigenvalue weighted by Gasteiger charge is -2.12. The minimum Gasteiger partial charge on any atom is -0.468 e. The molecular formula is C5H9Cl2NO2. The van der Waals surface area contributed by atoms with Gasteiger partial charge in [-0.2, -0.15) is 0 Å². The van der Waals surface area contributed by atoms with Gasteiger partial charge < -0.3 is 4.74 Å². The van der Waals surface area contributed by atoms with E-state index in [0.717, 1.165) is 0 Å². The summed E-state index contributed by atoms with van der Waals surface area (Å²) in [6.07, 6.45) is 0. The summed E-state index contributed by atoms with van der Waals surface area (Å²) in [5.74, 6) is -0.332. The Morgan fingerprint density at radius 3 is 2.30 bits per heavy atom. The van der Waals surface area contributed by atoms with Gasteiger partial charge in [-0.3, -0.25) is 9.69 Å². The summed E-state index contributed by atoms with van der Waals surface area (Å²) in [5.41, 5.74) is 0. The summed E-state index contributed by atoms with van der Waals surface area (Å²) in [7, 11) is 1.32. The van der Waals surface area contributed by atoms with Crippen molar-refractivity contribution in [1.29, 1.82) is 0 Å². The minimum atomic E-state index is -0.332. The fraction of sp³-hybridized carbons (Fsp3) is 0.800. The maximum atomic E-state index is 10.6. The SMILES string of the molecule is COC(=O)CN(CCl)CCl. The van der Waals surface area contributed by atoms with Crippen LogP contribution in [-0.4, -0.2) is 36.5 Å². The fourth-order valence-corrected chi connectivity index (χ4v) is 0.788. The molecular weight excluding hydrogens is 177 g/mol. The highest BCUT2D eigenvalue weighted by Crippen LogP contribution is 1.93. The molecule has 0 unspecified atom stereocenters. The van der Waals surface area contributed by atoms with E-state index in [-0.39, 0.29) is 24.5 Å². The van der Waals surface area contributed by atoms with Crippen LogP contribution in [0.5, 0.6) is 0 Å². The van der Waals surface area contributed by atoms with Crippen LogP contribution in [0.2, 0.25) is 0 Å². The van der Waals surface area contributed by atoms with Crippen LogP contribution in [0, 0.1) is 0 Å². The number of alkyl halides is 2. The number of rotatable bonds is 4. The molecule has 10 heavy (non-hydrogen) atoms. The molecule has 0 amide bonds. The number of nitrogens with zero attached hydrogens (tertiary/aromatic N) is 1. The number of hydrogen-bond acceptors (Lipinski definition) is 3. The molecule has 0 aliphatic carbocycles. The van der Waals surface area contributed by atoms with Crippen LogP contribution in [0.4, 0.5) is 0 Å². The van der Waals surface area contributed by atoms with Gasteiger partial charge in [-0.15, -0.1) is 23.2 Å². The number of halogens is 2. The lowest BCUT2D eigenvalue weighted by molar-refractivity contribution is -0.141. The molecule has 0 bridgehead atoms. The monoisotopic (exact) mass is 185 g/mol. The number of carbonyl (C=O) groups excluding carboxylic acids is 1. The van der Waals surface area contributed by atoms with E-state index in [2.05, 4.69) is 4.74 Å². The van der Waals surface area contributed by atoms with E-state index in [1.54, 1.807) is 0 Å². The molecule has 0 aliphatic rings. The Morgan fingerprint density at radius 2 is 2.00 bits per heavy atom. The van der Waals surface area contributed by atoms with Gasteiger partial charge in [-0.25, -0.2) is 0 Å². The molecule has 0 aliphatic heterocycles. The predicted octanol–water partition coefficient (Wildman–Crippen LogP) is 0.854. The van der Waals surface area contributed by atoms with Gasteiger partial charge in [0.2, 0.25) is 0 Å². The normalized spacial score (nSPS) is 10.0. The quantitative estimate of drug-likeness (QED) is 0.370. The highest BCUT2D eigenvalue weighted by molar-refractivity contribution is 6.20. The first-order valence-electron chi connectivity index (χ1n) is 2.65. The second-order valence-electron chi connectivity index (χ2n) is 1.64. The first-order valence-corrected chi connectivity index (χ1v) is 3.72. The van der Waals surface area contributed by atoms with E-state index in [1.165, 1.54) is 12.0 Å². The second-order valence-corrected chi connectivity index (χ2v) is 2.12. The van der Waals surface area contributed by atoms with Crippen LogP contribution in [0.3, 0.4) is 0 Å². The lowest BCUT2D eigenvalue weighted by Crippen LogP contribution is -2.28. The second kappa shape index (κ2) is 5.77. The Morgan fingerprint density at radius 1 is 1.50 bits per heavy atom. The zero-order chi connectivity index (χ0) is 7.98. The highest BCUT2D eigenvalue weighted by atomic mass is 35.5. The molecule has 0 fully saturated rings. The van der Waals surface area contributed by atoms with E-state index >= 15 is 0 Å². The van der Waals surface area contributed by atoms with Gasteiger partial charge in [0.15, 0.2) is 0 Å².